The summed E-state index contributed by atoms with van der Waals surface area (Å²) in [6, 6.07) is 2.56. The van der Waals surface area contributed by atoms with Gasteiger partial charge in [-0.25, -0.2) is 4.79 Å². The van der Waals surface area contributed by atoms with E-state index in [0.29, 0.717) is 0 Å². The van der Waals surface area contributed by atoms with Crippen molar-refractivity contribution in [2.75, 3.05) is 13.1 Å². The van der Waals surface area contributed by atoms with E-state index in [1.807, 2.05) is 25.7 Å². The van der Waals surface area contributed by atoms with Crippen molar-refractivity contribution in [3.8, 4) is 0 Å². The Morgan fingerprint density at radius 2 is 2.32 bits per heavy atom. The predicted molar refractivity (Wildman–Crippen MR) is 94.4 cm³/mol. The molecule has 1 fully saturated rings. The highest BCUT2D eigenvalue weighted by molar-refractivity contribution is 9.10. The van der Waals surface area contributed by atoms with Crippen LogP contribution in [0.5, 0.6) is 0 Å². The molecule has 1 saturated heterocycles. The second-order valence-corrected chi connectivity index (χ2v) is 8.53. The number of hydrogen-bond donors (Lipinski definition) is 1. The first-order chi connectivity index (χ1) is 10.3. The molecular formula is C16H25BrN2O2S. The minimum absolute atomic E-state index is 0.193. The third-order valence-electron chi connectivity index (χ3n) is 3.70. The van der Waals surface area contributed by atoms with E-state index in [9.17, 15) is 4.79 Å². The van der Waals surface area contributed by atoms with Gasteiger partial charge in [-0.15, -0.1) is 11.3 Å². The molecule has 1 amide bonds. The number of thiophene rings is 1. The summed E-state index contributed by atoms with van der Waals surface area (Å²) < 4.78 is 6.65. The molecule has 1 aliphatic rings. The van der Waals surface area contributed by atoms with Crippen LogP contribution >= 0.6 is 27.3 Å². The van der Waals surface area contributed by atoms with Crippen molar-refractivity contribution in [3.63, 3.8) is 0 Å². The van der Waals surface area contributed by atoms with Crippen LogP contribution in [0.1, 0.15) is 51.5 Å². The quantitative estimate of drug-likeness (QED) is 0.821. The molecule has 22 heavy (non-hydrogen) atoms. The molecule has 124 valence electrons. The Labute approximate surface area is 145 Å². The molecule has 0 spiro atoms. The number of carbonyl (C=O) groups excluding carboxylic acids is 1. The Morgan fingerprint density at radius 3 is 2.91 bits per heavy atom. The van der Waals surface area contributed by atoms with E-state index >= 15 is 0 Å². The summed E-state index contributed by atoms with van der Waals surface area (Å²) in [4.78, 5) is 15.4. The lowest BCUT2D eigenvalue weighted by Gasteiger charge is -2.29. The van der Waals surface area contributed by atoms with Crippen molar-refractivity contribution < 1.29 is 9.53 Å². The molecule has 0 bridgehead atoms. The van der Waals surface area contributed by atoms with Gasteiger partial charge in [-0.3, -0.25) is 0 Å². The van der Waals surface area contributed by atoms with Crippen LogP contribution in [-0.2, 0) is 4.74 Å². The number of rotatable bonds is 4. The minimum Gasteiger partial charge on any atom is -0.444 e. The standard InChI is InChI=1S/C16H25BrN2O2S/c1-11(14-13(17)7-9-22-14)18-10-12-6-5-8-19(12)15(20)21-16(2,3)4/h7,9,11-12,18H,5-6,8,10H2,1-4H3. The highest BCUT2D eigenvalue weighted by Gasteiger charge is 2.32. The van der Waals surface area contributed by atoms with E-state index < -0.39 is 5.60 Å². The van der Waals surface area contributed by atoms with Crippen molar-refractivity contribution in [1.82, 2.24) is 10.2 Å². The third kappa shape index (κ3) is 4.70. The van der Waals surface area contributed by atoms with Gasteiger partial charge in [0, 0.05) is 34.5 Å². The average Bonchev–Trinajstić information content (AvgIpc) is 3.02. The summed E-state index contributed by atoms with van der Waals surface area (Å²) in [5.41, 5.74) is -0.438. The topological polar surface area (TPSA) is 41.6 Å². The smallest absolute Gasteiger partial charge is 0.410 e. The average molecular weight is 389 g/mol. The maximum absolute atomic E-state index is 12.3. The largest absolute Gasteiger partial charge is 0.444 e. The summed E-state index contributed by atoms with van der Waals surface area (Å²) >= 11 is 5.31. The highest BCUT2D eigenvalue weighted by atomic mass is 79.9. The number of carbonyl (C=O) groups is 1. The zero-order valence-corrected chi connectivity index (χ0v) is 16.1. The molecule has 1 aromatic rings. The molecule has 2 rings (SSSR count). The van der Waals surface area contributed by atoms with E-state index in [2.05, 4.69) is 39.6 Å². The number of nitrogens with zero attached hydrogens (tertiary/aromatic N) is 1. The zero-order chi connectivity index (χ0) is 16.3. The summed E-state index contributed by atoms with van der Waals surface area (Å²) in [5, 5.41) is 5.63. The third-order valence-corrected chi connectivity index (χ3v) is 5.76. The van der Waals surface area contributed by atoms with Crippen LogP contribution in [0.15, 0.2) is 15.9 Å². The normalized spacial score (nSPS) is 20.2. The fourth-order valence-corrected chi connectivity index (χ4v) is 4.38. The second kappa shape index (κ2) is 7.32. The zero-order valence-electron chi connectivity index (χ0n) is 13.7. The SMILES string of the molecule is CC(NCC1CCCN1C(=O)OC(C)(C)C)c1sccc1Br. The Morgan fingerprint density at radius 1 is 1.59 bits per heavy atom. The van der Waals surface area contributed by atoms with Crippen LogP contribution in [0.25, 0.3) is 0 Å². The van der Waals surface area contributed by atoms with E-state index in [0.717, 1.165) is 30.4 Å². The number of nitrogens with one attached hydrogen (secondary N) is 1. The van der Waals surface area contributed by atoms with Crippen molar-refractivity contribution in [1.29, 1.82) is 0 Å². The van der Waals surface area contributed by atoms with Crippen LogP contribution < -0.4 is 5.32 Å². The van der Waals surface area contributed by atoms with Crippen LogP contribution in [0, 0.1) is 0 Å². The number of hydrogen-bond acceptors (Lipinski definition) is 4. The van der Waals surface area contributed by atoms with Gasteiger partial charge in [0.05, 0.1) is 0 Å². The minimum atomic E-state index is -0.438. The van der Waals surface area contributed by atoms with Crippen molar-refractivity contribution in [2.24, 2.45) is 0 Å². The monoisotopic (exact) mass is 388 g/mol. The summed E-state index contributed by atoms with van der Waals surface area (Å²) in [5.74, 6) is 0. The summed E-state index contributed by atoms with van der Waals surface area (Å²) in [7, 11) is 0. The van der Waals surface area contributed by atoms with Gasteiger partial charge in [0.1, 0.15) is 5.60 Å². The Bertz CT molecular complexity index is 512. The molecule has 1 aromatic heterocycles. The Balaban J connectivity index is 1.89. The van der Waals surface area contributed by atoms with Crippen molar-refractivity contribution in [2.45, 2.75) is 58.2 Å². The number of ether oxygens (including phenoxy) is 1. The lowest BCUT2D eigenvalue weighted by atomic mass is 10.2. The van der Waals surface area contributed by atoms with Gasteiger partial charge < -0.3 is 15.0 Å². The number of halogens is 1. The highest BCUT2D eigenvalue weighted by Crippen LogP contribution is 2.29. The Hall–Kier alpha value is -0.590. The molecule has 0 aromatic carbocycles. The van der Waals surface area contributed by atoms with E-state index in [4.69, 9.17) is 4.74 Å². The van der Waals surface area contributed by atoms with Gasteiger partial charge >= 0.3 is 6.09 Å². The molecule has 2 atom stereocenters. The lowest BCUT2D eigenvalue weighted by Crippen LogP contribution is -2.44. The first-order valence-electron chi connectivity index (χ1n) is 7.74. The fraction of sp³-hybridized carbons (Fsp3) is 0.688. The van der Waals surface area contributed by atoms with Crippen LogP contribution in [0.3, 0.4) is 0 Å². The van der Waals surface area contributed by atoms with Gasteiger partial charge in [0.2, 0.25) is 0 Å². The first kappa shape index (κ1) is 17.8. The van der Waals surface area contributed by atoms with E-state index in [1.165, 1.54) is 4.88 Å². The maximum Gasteiger partial charge on any atom is 0.410 e. The predicted octanol–water partition coefficient (Wildman–Crippen LogP) is 4.56. The molecule has 0 radical (unpaired) electrons. The van der Waals surface area contributed by atoms with E-state index in [-0.39, 0.29) is 18.2 Å². The molecule has 2 unspecified atom stereocenters. The first-order valence-corrected chi connectivity index (χ1v) is 9.41. The van der Waals surface area contributed by atoms with Crippen LogP contribution in [-0.4, -0.2) is 35.7 Å². The summed E-state index contributed by atoms with van der Waals surface area (Å²) in [6.45, 7) is 9.46. The molecule has 2 heterocycles. The molecule has 1 aliphatic heterocycles. The van der Waals surface area contributed by atoms with Crippen LogP contribution in [0.4, 0.5) is 4.79 Å². The maximum atomic E-state index is 12.3. The van der Waals surface area contributed by atoms with Gasteiger partial charge in [-0.05, 0) is 67.9 Å². The lowest BCUT2D eigenvalue weighted by molar-refractivity contribution is 0.0225. The molecule has 6 heteroatoms. The molecule has 1 N–H and O–H groups in total. The molecule has 0 aliphatic carbocycles. The fourth-order valence-electron chi connectivity index (χ4n) is 2.63. The van der Waals surface area contributed by atoms with Crippen molar-refractivity contribution in [3.05, 3.63) is 20.8 Å². The molecule has 0 saturated carbocycles. The van der Waals surface area contributed by atoms with Crippen molar-refractivity contribution >= 4 is 33.4 Å². The molecule has 4 nitrogen and oxygen atoms in total. The van der Waals surface area contributed by atoms with E-state index in [1.54, 1.807) is 11.3 Å². The van der Waals surface area contributed by atoms with Crippen LogP contribution in [0.2, 0.25) is 0 Å². The Kier molecular flexibility index (Phi) is 5.91. The molecular weight excluding hydrogens is 364 g/mol. The van der Waals surface area contributed by atoms with Gasteiger partial charge in [0.25, 0.3) is 0 Å². The number of likely N-dealkylation sites (tertiary alicyclic amines) is 1. The number of amides is 1. The second-order valence-electron chi connectivity index (χ2n) is 6.73. The summed E-state index contributed by atoms with van der Waals surface area (Å²) in [6.07, 6.45) is 1.88. The van der Waals surface area contributed by atoms with Gasteiger partial charge in [-0.2, -0.15) is 0 Å². The van der Waals surface area contributed by atoms with Gasteiger partial charge in [0.15, 0.2) is 0 Å². The van der Waals surface area contributed by atoms with Gasteiger partial charge in [-0.1, -0.05) is 0 Å².